The number of rotatable bonds is 8. The van der Waals surface area contributed by atoms with Crippen LogP contribution in [0.5, 0.6) is 0 Å². The summed E-state index contributed by atoms with van der Waals surface area (Å²) in [6, 6.07) is 7.22. The zero-order valence-corrected chi connectivity index (χ0v) is 22.6. The summed E-state index contributed by atoms with van der Waals surface area (Å²) in [5.74, 6) is -2.69. The number of hydrogen-bond acceptors (Lipinski definition) is 4. The first-order valence-electron chi connectivity index (χ1n) is 13.9. The lowest BCUT2D eigenvalue weighted by Crippen LogP contribution is -2.47. The van der Waals surface area contributed by atoms with Crippen molar-refractivity contribution in [3.05, 3.63) is 70.5 Å². The Kier molecular flexibility index (Phi) is 8.01. The highest BCUT2D eigenvalue weighted by atomic mass is 19.2. The van der Waals surface area contributed by atoms with Gasteiger partial charge in [0, 0.05) is 38.6 Å². The molecule has 39 heavy (non-hydrogen) atoms. The summed E-state index contributed by atoms with van der Waals surface area (Å²) in [6.07, 6.45) is 3.26. The van der Waals surface area contributed by atoms with Crippen molar-refractivity contribution in [1.82, 2.24) is 14.7 Å². The van der Waals surface area contributed by atoms with E-state index in [0.717, 1.165) is 62.2 Å². The van der Waals surface area contributed by atoms with Crippen molar-refractivity contribution in [2.75, 3.05) is 32.7 Å². The topological polar surface area (TPSA) is 53.1 Å². The zero-order valence-electron chi connectivity index (χ0n) is 22.6. The van der Waals surface area contributed by atoms with Gasteiger partial charge in [0.25, 0.3) is 0 Å². The van der Waals surface area contributed by atoms with Crippen LogP contribution >= 0.6 is 0 Å². The van der Waals surface area contributed by atoms with Gasteiger partial charge in [0.15, 0.2) is 11.6 Å². The normalized spacial score (nSPS) is 19.6. The standard InChI is InChI=1S/C30H36F3N3O3/c1-20(2)35(29(38)28(36-13-3-5-27(36)37)21-7-9-25(32)26(33)17-21)14-4-12-34-15-10-30(11-16-34)24-18-23(31)8-6-22(24)19-39-30/h6-9,17-18,20,28H,3-5,10-16,19H2,1-2H3. The van der Waals surface area contributed by atoms with E-state index in [-0.39, 0.29) is 29.2 Å². The average Bonchev–Trinajstić information content (AvgIpc) is 3.48. The molecule has 3 aliphatic heterocycles. The lowest BCUT2D eigenvalue weighted by Gasteiger charge is -2.40. The van der Waals surface area contributed by atoms with E-state index in [1.807, 2.05) is 19.9 Å². The van der Waals surface area contributed by atoms with Crippen LogP contribution < -0.4 is 0 Å². The molecule has 0 N–H and O–H groups in total. The van der Waals surface area contributed by atoms with E-state index < -0.39 is 23.3 Å². The van der Waals surface area contributed by atoms with Gasteiger partial charge in [-0.25, -0.2) is 13.2 Å². The van der Waals surface area contributed by atoms with Crippen molar-refractivity contribution in [2.24, 2.45) is 0 Å². The third kappa shape index (κ3) is 5.57. The van der Waals surface area contributed by atoms with E-state index in [1.165, 1.54) is 17.0 Å². The van der Waals surface area contributed by atoms with Gasteiger partial charge < -0.3 is 19.4 Å². The summed E-state index contributed by atoms with van der Waals surface area (Å²) < 4.78 is 47.9. The number of carbonyl (C=O) groups excluding carboxylic acids is 2. The van der Waals surface area contributed by atoms with E-state index in [1.54, 1.807) is 11.0 Å². The molecule has 2 aromatic rings. The molecule has 0 bridgehead atoms. The van der Waals surface area contributed by atoms with Crippen molar-refractivity contribution in [3.63, 3.8) is 0 Å². The summed E-state index contributed by atoms with van der Waals surface area (Å²) in [5, 5.41) is 0. The lowest BCUT2D eigenvalue weighted by atomic mass is 9.83. The third-order valence-electron chi connectivity index (χ3n) is 8.43. The lowest BCUT2D eigenvalue weighted by molar-refractivity contribution is -0.145. The van der Waals surface area contributed by atoms with Crippen LogP contribution in [0.1, 0.15) is 68.7 Å². The molecule has 5 rings (SSSR count). The Morgan fingerprint density at radius 3 is 2.49 bits per heavy atom. The molecule has 2 fully saturated rings. The molecular formula is C30H36F3N3O3. The van der Waals surface area contributed by atoms with E-state index in [0.29, 0.717) is 32.5 Å². The fraction of sp³-hybridized carbons (Fsp3) is 0.533. The summed E-state index contributed by atoms with van der Waals surface area (Å²) in [6.45, 7) is 7.64. The fourth-order valence-electron chi connectivity index (χ4n) is 6.27. The number of piperidine rings is 1. The smallest absolute Gasteiger partial charge is 0.250 e. The molecule has 1 spiro atoms. The van der Waals surface area contributed by atoms with Crippen LogP contribution in [-0.4, -0.2) is 65.3 Å². The Morgan fingerprint density at radius 1 is 1.05 bits per heavy atom. The van der Waals surface area contributed by atoms with Crippen LogP contribution in [0.2, 0.25) is 0 Å². The largest absolute Gasteiger partial charge is 0.365 e. The summed E-state index contributed by atoms with van der Waals surface area (Å²) in [5.41, 5.74) is 1.89. The molecule has 9 heteroatoms. The minimum absolute atomic E-state index is 0.133. The Morgan fingerprint density at radius 2 is 1.82 bits per heavy atom. The number of benzene rings is 2. The summed E-state index contributed by atoms with van der Waals surface area (Å²) in [4.78, 5) is 32.0. The van der Waals surface area contributed by atoms with E-state index in [2.05, 4.69) is 4.90 Å². The highest BCUT2D eigenvalue weighted by Crippen LogP contribution is 2.44. The van der Waals surface area contributed by atoms with Gasteiger partial charge in [0.1, 0.15) is 11.9 Å². The molecule has 1 unspecified atom stereocenters. The molecular weight excluding hydrogens is 507 g/mol. The molecule has 2 saturated heterocycles. The number of carbonyl (C=O) groups is 2. The van der Waals surface area contributed by atoms with Gasteiger partial charge in [-0.05, 0) is 87.0 Å². The fourth-order valence-corrected chi connectivity index (χ4v) is 6.27. The first-order chi connectivity index (χ1) is 18.7. The predicted molar refractivity (Wildman–Crippen MR) is 140 cm³/mol. The minimum Gasteiger partial charge on any atom is -0.365 e. The van der Waals surface area contributed by atoms with Gasteiger partial charge in [0.2, 0.25) is 11.8 Å². The quantitative estimate of drug-likeness (QED) is 0.475. The molecule has 3 aliphatic rings. The Balaban J connectivity index is 1.23. The van der Waals surface area contributed by atoms with Gasteiger partial charge in [-0.3, -0.25) is 9.59 Å². The Bertz CT molecular complexity index is 1230. The van der Waals surface area contributed by atoms with Crippen molar-refractivity contribution >= 4 is 11.8 Å². The number of likely N-dealkylation sites (tertiary alicyclic amines) is 2. The average molecular weight is 544 g/mol. The van der Waals surface area contributed by atoms with Crippen LogP contribution in [-0.2, 0) is 26.5 Å². The molecule has 0 aliphatic carbocycles. The van der Waals surface area contributed by atoms with Crippen LogP contribution in [0.15, 0.2) is 36.4 Å². The number of amides is 2. The second kappa shape index (κ2) is 11.3. The molecule has 1 atom stereocenters. The van der Waals surface area contributed by atoms with Crippen LogP contribution in [0.25, 0.3) is 0 Å². The van der Waals surface area contributed by atoms with Crippen LogP contribution in [0, 0.1) is 17.5 Å². The monoisotopic (exact) mass is 543 g/mol. The van der Waals surface area contributed by atoms with Gasteiger partial charge in [-0.1, -0.05) is 12.1 Å². The van der Waals surface area contributed by atoms with E-state index in [9.17, 15) is 22.8 Å². The van der Waals surface area contributed by atoms with Crippen molar-refractivity contribution in [3.8, 4) is 0 Å². The number of hydrogen-bond donors (Lipinski definition) is 0. The maximum atomic E-state index is 14.1. The minimum atomic E-state index is -1.03. The Hall–Kier alpha value is -2.91. The van der Waals surface area contributed by atoms with Gasteiger partial charge in [0.05, 0.1) is 12.2 Å². The van der Waals surface area contributed by atoms with Gasteiger partial charge >= 0.3 is 0 Å². The number of fused-ring (bicyclic) bond motifs is 2. The third-order valence-corrected chi connectivity index (χ3v) is 8.43. The molecule has 6 nitrogen and oxygen atoms in total. The molecule has 3 heterocycles. The number of nitrogens with zero attached hydrogens (tertiary/aromatic N) is 3. The SMILES string of the molecule is CC(C)N(CCCN1CCC2(CC1)OCc1ccc(F)cc12)C(=O)C(c1ccc(F)c(F)c1)N1CCCC1=O. The molecule has 210 valence electrons. The highest BCUT2D eigenvalue weighted by Gasteiger charge is 2.43. The number of ether oxygens (including phenoxy) is 1. The molecule has 2 aromatic carbocycles. The zero-order chi connectivity index (χ0) is 27.7. The number of halogens is 3. The second-order valence-corrected chi connectivity index (χ2v) is 11.2. The predicted octanol–water partition coefficient (Wildman–Crippen LogP) is 4.92. The van der Waals surface area contributed by atoms with Crippen molar-refractivity contribution in [2.45, 2.75) is 70.2 Å². The molecule has 0 saturated carbocycles. The van der Waals surface area contributed by atoms with Crippen molar-refractivity contribution < 1.29 is 27.5 Å². The molecule has 2 amide bonds. The first-order valence-corrected chi connectivity index (χ1v) is 13.9. The van der Waals surface area contributed by atoms with E-state index >= 15 is 0 Å². The second-order valence-electron chi connectivity index (χ2n) is 11.2. The maximum absolute atomic E-state index is 14.1. The highest BCUT2D eigenvalue weighted by molar-refractivity contribution is 5.89. The Labute approximate surface area is 227 Å². The molecule has 0 radical (unpaired) electrons. The van der Waals surface area contributed by atoms with Crippen molar-refractivity contribution in [1.29, 1.82) is 0 Å². The van der Waals surface area contributed by atoms with Gasteiger partial charge in [-0.2, -0.15) is 0 Å². The summed E-state index contributed by atoms with van der Waals surface area (Å²) in [7, 11) is 0. The molecule has 0 aromatic heterocycles. The first kappa shape index (κ1) is 27.6. The van der Waals surface area contributed by atoms with Crippen LogP contribution in [0.3, 0.4) is 0 Å². The van der Waals surface area contributed by atoms with Gasteiger partial charge in [-0.15, -0.1) is 0 Å². The van der Waals surface area contributed by atoms with Crippen LogP contribution in [0.4, 0.5) is 13.2 Å². The maximum Gasteiger partial charge on any atom is 0.250 e. The summed E-state index contributed by atoms with van der Waals surface area (Å²) >= 11 is 0. The van der Waals surface area contributed by atoms with E-state index in [4.69, 9.17) is 4.74 Å².